The number of hydrogen-bond acceptors (Lipinski definition) is 2. The molecule has 0 aromatic heterocycles. The van der Waals surface area contributed by atoms with Crippen LogP contribution in [0.15, 0.2) is 60.7 Å². The van der Waals surface area contributed by atoms with Crippen LogP contribution in [0.2, 0.25) is 0 Å². The molecular weight excluding hydrogens is 270 g/mol. The molecule has 1 aliphatic rings. The molecule has 1 heterocycles. The summed E-state index contributed by atoms with van der Waals surface area (Å²) in [6.07, 6.45) is 0.488. The maximum Gasteiger partial charge on any atom is 0.0830 e. The molecular formula is C20H25NO. The minimum Gasteiger partial charge on any atom is -0.390 e. The smallest absolute Gasteiger partial charge is 0.0830 e. The summed E-state index contributed by atoms with van der Waals surface area (Å²) in [5.74, 6) is 0. The zero-order valence-electron chi connectivity index (χ0n) is 13.6. The van der Waals surface area contributed by atoms with Gasteiger partial charge in [-0.15, -0.1) is 0 Å². The van der Waals surface area contributed by atoms with Crippen molar-refractivity contribution in [1.82, 2.24) is 4.90 Å². The Balaban J connectivity index is 2.20. The van der Waals surface area contributed by atoms with Crippen LogP contribution in [0.5, 0.6) is 0 Å². The maximum atomic E-state index is 11.2. The summed E-state index contributed by atoms with van der Waals surface area (Å²) in [5.41, 5.74) is 2.08. The van der Waals surface area contributed by atoms with E-state index in [9.17, 15) is 5.11 Å². The Morgan fingerprint density at radius 3 is 1.82 bits per heavy atom. The molecule has 2 nitrogen and oxygen atoms in total. The summed E-state index contributed by atoms with van der Waals surface area (Å²) in [7, 11) is 2.11. The van der Waals surface area contributed by atoms with E-state index in [2.05, 4.69) is 74.3 Å². The van der Waals surface area contributed by atoms with E-state index in [1.165, 1.54) is 11.1 Å². The summed E-state index contributed by atoms with van der Waals surface area (Å²) in [6.45, 7) is 4.38. The van der Waals surface area contributed by atoms with Crippen molar-refractivity contribution in [2.75, 3.05) is 7.05 Å². The van der Waals surface area contributed by atoms with Gasteiger partial charge in [0.2, 0.25) is 0 Å². The van der Waals surface area contributed by atoms with Gasteiger partial charge in [0.15, 0.2) is 0 Å². The minimum atomic E-state index is -0.432. The standard InChI is InChI=1S/C20H25NO/c1-15-14-20(17-10-6-4-7-11-17,18-12-8-5-9-13-18)19(22)16(2)21(15)3/h4-13,15-16,19,22H,14H2,1-3H3. The third-order valence-corrected chi connectivity index (χ3v) is 5.49. The van der Waals surface area contributed by atoms with Crippen LogP contribution in [-0.2, 0) is 5.41 Å². The van der Waals surface area contributed by atoms with Gasteiger partial charge in [0.05, 0.1) is 6.10 Å². The van der Waals surface area contributed by atoms with Crippen molar-refractivity contribution >= 4 is 0 Å². The highest BCUT2D eigenvalue weighted by Gasteiger charge is 2.49. The lowest BCUT2D eigenvalue weighted by atomic mass is 9.62. The second-order valence-electron chi connectivity index (χ2n) is 6.61. The number of likely N-dealkylation sites (N-methyl/N-ethyl adjacent to an activating group) is 1. The average Bonchev–Trinajstić information content (AvgIpc) is 2.58. The number of likely N-dealkylation sites (tertiary alicyclic amines) is 1. The molecule has 0 saturated carbocycles. The minimum absolute atomic E-state index is 0.115. The molecule has 3 atom stereocenters. The number of aliphatic hydroxyl groups excluding tert-OH is 1. The first-order chi connectivity index (χ1) is 10.6. The van der Waals surface area contributed by atoms with Crippen molar-refractivity contribution in [3.63, 3.8) is 0 Å². The predicted octanol–water partition coefficient (Wildman–Crippen LogP) is 3.45. The van der Waals surface area contributed by atoms with E-state index in [4.69, 9.17) is 0 Å². The van der Waals surface area contributed by atoms with Crippen LogP contribution in [0, 0.1) is 0 Å². The topological polar surface area (TPSA) is 23.5 Å². The summed E-state index contributed by atoms with van der Waals surface area (Å²) in [4.78, 5) is 2.29. The molecule has 3 rings (SSSR count). The molecule has 2 heteroatoms. The Morgan fingerprint density at radius 1 is 0.909 bits per heavy atom. The molecule has 1 aliphatic heterocycles. The van der Waals surface area contributed by atoms with Gasteiger partial charge in [-0.25, -0.2) is 0 Å². The van der Waals surface area contributed by atoms with E-state index in [0.717, 1.165) is 6.42 Å². The summed E-state index contributed by atoms with van der Waals surface area (Å²) >= 11 is 0. The van der Waals surface area contributed by atoms with Crippen LogP contribution in [0.3, 0.4) is 0 Å². The van der Waals surface area contributed by atoms with Crippen molar-refractivity contribution in [2.24, 2.45) is 0 Å². The molecule has 1 N–H and O–H groups in total. The van der Waals surface area contributed by atoms with E-state index < -0.39 is 6.10 Å². The molecule has 1 saturated heterocycles. The molecule has 2 aromatic carbocycles. The predicted molar refractivity (Wildman–Crippen MR) is 91.0 cm³/mol. The molecule has 0 spiro atoms. The highest BCUT2D eigenvalue weighted by Crippen LogP contribution is 2.45. The number of rotatable bonds is 2. The van der Waals surface area contributed by atoms with Crippen molar-refractivity contribution in [1.29, 1.82) is 0 Å². The first-order valence-corrected chi connectivity index (χ1v) is 8.08. The van der Waals surface area contributed by atoms with Gasteiger partial charge in [-0.2, -0.15) is 0 Å². The number of hydrogen-bond donors (Lipinski definition) is 1. The fraction of sp³-hybridized carbons (Fsp3) is 0.400. The Morgan fingerprint density at radius 2 is 1.36 bits per heavy atom. The molecule has 0 bridgehead atoms. The number of nitrogens with zero attached hydrogens (tertiary/aromatic N) is 1. The van der Waals surface area contributed by atoms with Crippen molar-refractivity contribution in [2.45, 2.75) is 43.9 Å². The molecule has 1 fully saturated rings. The van der Waals surface area contributed by atoms with E-state index >= 15 is 0 Å². The van der Waals surface area contributed by atoms with Gasteiger partial charge in [-0.1, -0.05) is 60.7 Å². The quantitative estimate of drug-likeness (QED) is 0.917. The Labute approximate surface area is 133 Å². The van der Waals surface area contributed by atoms with Crippen molar-refractivity contribution < 1.29 is 5.11 Å². The van der Waals surface area contributed by atoms with Gasteiger partial charge in [-0.05, 0) is 38.4 Å². The van der Waals surface area contributed by atoms with Gasteiger partial charge in [-0.3, -0.25) is 4.90 Å². The monoisotopic (exact) mass is 295 g/mol. The fourth-order valence-electron chi connectivity index (χ4n) is 3.98. The van der Waals surface area contributed by atoms with E-state index in [1.807, 2.05) is 12.1 Å². The van der Waals surface area contributed by atoms with Gasteiger partial charge >= 0.3 is 0 Å². The Hall–Kier alpha value is -1.64. The van der Waals surface area contributed by atoms with Crippen LogP contribution in [0.4, 0.5) is 0 Å². The fourth-order valence-corrected chi connectivity index (χ4v) is 3.98. The normalized spacial score (nSPS) is 28.5. The molecule has 22 heavy (non-hydrogen) atoms. The highest BCUT2D eigenvalue weighted by atomic mass is 16.3. The van der Waals surface area contributed by atoms with Crippen LogP contribution < -0.4 is 0 Å². The van der Waals surface area contributed by atoms with E-state index in [1.54, 1.807) is 0 Å². The zero-order chi connectivity index (χ0) is 15.7. The first kappa shape index (κ1) is 15.3. The highest BCUT2D eigenvalue weighted by molar-refractivity contribution is 5.42. The van der Waals surface area contributed by atoms with Crippen molar-refractivity contribution in [3.05, 3.63) is 71.8 Å². The average molecular weight is 295 g/mol. The summed E-state index contributed by atoms with van der Waals surface area (Å²) < 4.78 is 0. The lowest BCUT2D eigenvalue weighted by Crippen LogP contribution is -2.61. The zero-order valence-corrected chi connectivity index (χ0v) is 13.6. The molecule has 0 aliphatic carbocycles. The largest absolute Gasteiger partial charge is 0.390 e. The number of benzene rings is 2. The summed E-state index contributed by atoms with van der Waals surface area (Å²) in [6, 6.07) is 21.5. The van der Waals surface area contributed by atoms with Gasteiger partial charge in [0, 0.05) is 17.5 Å². The third-order valence-electron chi connectivity index (χ3n) is 5.49. The number of piperidine rings is 1. The molecule has 0 amide bonds. The van der Waals surface area contributed by atoms with Gasteiger partial charge < -0.3 is 5.11 Å². The summed E-state index contributed by atoms with van der Waals surface area (Å²) in [5, 5.41) is 11.2. The van der Waals surface area contributed by atoms with Crippen LogP contribution in [0.1, 0.15) is 31.4 Å². The van der Waals surface area contributed by atoms with Gasteiger partial charge in [0.25, 0.3) is 0 Å². The SMILES string of the molecule is CC1CC(c2ccccc2)(c2ccccc2)C(O)C(C)N1C. The van der Waals surface area contributed by atoms with Crippen LogP contribution >= 0.6 is 0 Å². The van der Waals surface area contributed by atoms with Crippen LogP contribution in [0.25, 0.3) is 0 Å². The first-order valence-electron chi connectivity index (χ1n) is 8.08. The number of aliphatic hydroxyl groups is 1. The molecule has 2 aromatic rings. The second kappa shape index (κ2) is 5.86. The lowest BCUT2D eigenvalue weighted by Gasteiger charge is -2.52. The second-order valence-corrected chi connectivity index (χ2v) is 6.61. The Bertz CT molecular complexity index is 571. The molecule has 3 unspecified atom stereocenters. The van der Waals surface area contributed by atoms with Crippen molar-refractivity contribution in [3.8, 4) is 0 Å². The molecule has 116 valence electrons. The van der Waals surface area contributed by atoms with Crippen LogP contribution in [-0.4, -0.2) is 35.2 Å². The third kappa shape index (κ3) is 2.27. The van der Waals surface area contributed by atoms with E-state index in [-0.39, 0.29) is 11.5 Å². The van der Waals surface area contributed by atoms with E-state index in [0.29, 0.717) is 6.04 Å². The maximum absolute atomic E-state index is 11.2. The Kier molecular flexibility index (Phi) is 4.07. The van der Waals surface area contributed by atoms with Gasteiger partial charge in [0.1, 0.15) is 0 Å². The molecule has 0 radical (unpaired) electrons. The lowest BCUT2D eigenvalue weighted by molar-refractivity contribution is -0.0399.